The summed E-state index contributed by atoms with van der Waals surface area (Å²) in [6.45, 7) is 2.12. The molecule has 0 bridgehead atoms. The standard InChI is InChI=1S/C23H18BrClN4O3S/c1-2-13-8-10-19(16-6-4-3-5-15(13)16)29-22(24)27-28-23(29)33-12-20(30)26-18-9-7-14(21(31)32)11-17(18)25/h3-11H,2,12H2,1H3,(H,26,30)(H,31,32). The lowest BCUT2D eigenvalue weighted by atomic mass is 10.0. The molecule has 4 aromatic rings. The first-order valence-electron chi connectivity index (χ1n) is 9.96. The Bertz CT molecular complexity index is 1380. The Labute approximate surface area is 207 Å². The number of carboxylic acids is 1. The number of amides is 1. The van der Waals surface area contributed by atoms with Gasteiger partial charge in [0.05, 0.1) is 27.7 Å². The number of carboxylic acid groups (broad SMARTS) is 1. The second-order valence-corrected chi connectivity index (χ2v) is 9.13. The summed E-state index contributed by atoms with van der Waals surface area (Å²) in [5, 5.41) is 23.0. The Morgan fingerprint density at radius 2 is 1.88 bits per heavy atom. The molecule has 3 aromatic carbocycles. The monoisotopic (exact) mass is 544 g/mol. The van der Waals surface area contributed by atoms with Crippen molar-refractivity contribution in [3.05, 3.63) is 75.5 Å². The minimum absolute atomic E-state index is 0.0478. The van der Waals surface area contributed by atoms with Crippen LogP contribution in [0.3, 0.4) is 0 Å². The van der Waals surface area contributed by atoms with Crippen LogP contribution in [0.2, 0.25) is 5.02 Å². The van der Waals surface area contributed by atoms with E-state index in [2.05, 4.69) is 56.6 Å². The Hall–Kier alpha value is -2.88. The van der Waals surface area contributed by atoms with Gasteiger partial charge in [-0.25, -0.2) is 4.79 Å². The molecule has 0 aliphatic carbocycles. The first-order valence-corrected chi connectivity index (χ1v) is 12.1. The molecule has 0 fully saturated rings. The predicted molar refractivity (Wildman–Crippen MR) is 134 cm³/mol. The van der Waals surface area contributed by atoms with Crippen LogP contribution in [-0.4, -0.2) is 37.5 Å². The van der Waals surface area contributed by atoms with Crippen molar-refractivity contribution in [3.8, 4) is 5.69 Å². The Morgan fingerprint density at radius 1 is 1.12 bits per heavy atom. The molecule has 0 aliphatic heterocycles. The molecule has 2 N–H and O–H groups in total. The maximum absolute atomic E-state index is 12.5. The number of nitrogens with zero attached hydrogens (tertiary/aromatic N) is 3. The average molecular weight is 546 g/mol. The molecular formula is C23H18BrClN4O3S. The fraction of sp³-hybridized carbons (Fsp3) is 0.130. The second kappa shape index (κ2) is 9.94. The topological polar surface area (TPSA) is 97.1 Å². The summed E-state index contributed by atoms with van der Waals surface area (Å²) in [6.07, 6.45) is 0.919. The van der Waals surface area contributed by atoms with Crippen molar-refractivity contribution in [1.82, 2.24) is 14.8 Å². The maximum Gasteiger partial charge on any atom is 0.335 e. The highest BCUT2D eigenvalue weighted by Crippen LogP contribution is 2.32. The van der Waals surface area contributed by atoms with Crippen LogP contribution in [0.15, 0.2) is 64.5 Å². The third kappa shape index (κ3) is 4.90. The molecule has 168 valence electrons. The zero-order valence-electron chi connectivity index (χ0n) is 17.4. The predicted octanol–water partition coefficient (Wildman–Crippen LogP) is 5.83. The van der Waals surface area contributed by atoms with E-state index >= 15 is 0 Å². The maximum atomic E-state index is 12.5. The van der Waals surface area contributed by atoms with Gasteiger partial charge in [0.25, 0.3) is 0 Å². The molecule has 0 saturated heterocycles. The van der Waals surface area contributed by atoms with Gasteiger partial charge in [0.2, 0.25) is 10.6 Å². The van der Waals surface area contributed by atoms with Crippen LogP contribution in [0.5, 0.6) is 0 Å². The van der Waals surface area contributed by atoms with Crippen molar-refractivity contribution in [2.45, 2.75) is 18.5 Å². The van der Waals surface area contributed by atoms with Crippen LogP contribution in [0.25, 0.3) is 16.5 Å². The van der Waals surface area contributed by atoms with Crippen molar-refractivity contribution >= 4 is 67.6 Å². The summed E-state index contributed by atoms with van der Waals surface area (Å²) in [6, 6.07) is 16.4. The fourth-order valence-electron chi connectivity index (χ4n) is 3.46. The molecule has 0 radical (unpaired) electrons. The number of hydrogen-bond donors (Lipinski definition) is 2. The first kappa shape index (κ1) is 23.3. The number of carbonyl (C=O) groups excluding carboxylic acids is 1. The number of nitrogens with one attached hydrogen (secondary N) is 1. The van der Waals surface area contributed by atoms with Crippen LogP contribution in [0.1, 0.15) is 22.8 Å². The van der Waals surface area contributed by atoms with E-state index in [1.807, 2.05) is 22.8 Å². The lowest BCUT2D eigenvalue weighted by Gasteiger charge is -2.13. The van der Waals surface area contributed by atoms with Gasteiger partial charge in [-0.3, -0.25) is 9.36 Å². The molecule has 0 atom stereocenters. The largest absolute Gasteiger partial charge is 0.478 e. The molecule has 0 spiro atoms. The molecule has 1 aromatic heterocycles. The van der Waals surface area contributed by atoms with Crippen LogP contribution >= 0.6 is 39.3 Å². The fourth-order valence-corrected chi connectivity index (χ4v) is 4.99. The van der Waals surface area contributed by atoms with Crippen LogP contribution < -0.4 is 5.32 Å². The number of thioether (sulfide) groups is 1. The molecule has 0 unspecified atom stereocenters. The quantitative estimate of drug-likeness (QED) is 0.284. The van der Waals surface area contributed by atoms with Gasteiger partial charge in [0.15, 0.2) is 5.16 Å². The zero-order chi connectivity index (χ0) is 23.5. The number of fused-ring (bicyclic) bond motifs is 1. The molecular weight excluding hydrogens is 528 g/mol. The molecule has 10 heteroatoms. The minimum atomic E-state index is -1.09. The summed E-state index contributed by atoms with van der Waals surface area (Å²) < 4.78 is 2.40. The van der Waals surface area contributed by atoms with Crippen molar-refractivity contribution in [1.29, 1.82) is 0 Å². The summed E-state index contributed by atoms with van der Waals surface area (Å²) in [5.41, 5.74) is 2.55. The number of aromatic carboxylic acids is 1. The van der Waals surface area contributed by atoms with Crippen LogP contribution in [0.4, 0.5) is 5.69 Å². The second-order valence-electron chi connectivity index (χ2n) is 7.07. The van der Waals surface area contributed by atoms with E-state index in [9.17, 15) is 9.59 Å². The minimum Gasteiger partial charge on any atom is -0.478 e. The number of hydrogen-bond acceptors (Lipinski definition) is 5. The van der Waals surface area contributed by atoms with E-state index in [1.54, 1.807) is 0 Å². The molecule has 33 heavy (non-hydrogen) atoms. The smallest absolute Gasteiger partial charge is 0.335 e. The van der Waals surface area contributed by atoms with Crippen molar-refractivity contribution in [3.63, 3.8) is 0 Å². The Balaban J connectivity index is 1.56. The molecule has 7 nitrogen and oxygen atoms in total. The number of benzene rings is 3. The first-order chi connectivity index (χ1) is 15.9. The number of halogens is 2. The normalized spacial score (nSPS) is 11.0. The number of aromatic nitrogens is 3. The van der Waals surface area contributed by atoms with E-state index in [0.29, 0.717) is 15.6 Å². The zero-order valence-corrected chi connectivity index (χ0v) is 20.5. The van der Waals surface area contributed by atoms with Crippen molar-refractivity contribution in [2.24, 2.45) is 0 Å². The lowest BCUT2D eigenvalue weighted by Crippen LogP contribution is -2.15. The highest BCUT2D eigenvalue weighted by Gasteiger charge is 2.17. The summed E-state index contributed by atoms with van der Waals surface area (Å²) >= 11 is 10.8. The highest BCUT2D eigenvalue weighted by molar-refractivity contribution is 9.10. The van der Waals surface area contributed by atoms with E-state index in [1.165, 1.54) is 35.5 Å². The Morgan fingerprint density at radius 3 is 2.58 bits per heavy atom. The number of aryl methyl sites for hydroxylation is 1. The van der Waals surface area contributed by atoms with E-state index in [4.69, 9.17) is 16.7 Å². The number of rotatable bonds is 7. The van der Waals surface area contributed by atoms with Gasteiger partial charge in [0, 0.05) is 5.39 Å². The van der Waals surface area contributed by atoms with E-state index < -0.39 is 5.97 Å². The van der Waals surface area contributed by atoms with Gasteiger partial charge in [-0.2, -0.15) is 0 Å². The van der Waals surface area contributed by atoms with Gasteiger partial charge in [-0.1, -0.05) is 60.6 Å². The molecule has 4 rings (SSSR count). The molecule has 1 amide bonds. The molecule has 0 saturated carbocycles. The highest BCUT2D eigenvalue weighted by atomic mass is 79.9. The van der Waals surface area contributed by atoms with Gasteiger partial charge in [0.1, 0.15) is 0 Å². The summed E-state index contributed by atoms with van der Waals surface area (Å²) in [4.78, 5) is 23.6. The van der Waals surface area contributed by atoms with Gasteiger partial charge < -0.3 is 10.4 Å². The third-order valence-corrected chi connectivity index (χ3v) is 6.78. The summed E-state index contributed by atoms with van der Waals surface area (Å²) in [5.74, 6) is -1.33. The molecule has 1 heterocycles. The van der Waals surface area contributed by atoms with Gasteiger partial charge in [-0.05, 0) is 57.6 Å². The summed E-state index contributed by atoms with van der Waals surface area (Å²) in [7, 11) is 0. The Kier molecular flexibility index (Phi) is 7.02. The lowest BCUT2D eigenvalue weighted by molar-refractivity contribution is -0.113. The van der Waals surface area contributed by atoms with Crippen LogP contribution in [0, 0.1) is 0 Å². The van der Waals surface area contributed by atoms with Crippen molar-refractivity contribution < 1.29 is 14.7 Å². The van der Waals surface area contributed by atoms with E-state index in [0.717, 1.165) is 22.9 Å². The van der Waals surface area contributed by atoms with Crippen molar-refractivity contribution in [2.75, 3.05) is 11.1 Å². The van der Waals surface area contributed by atoms with Crippen LogP contribution in [-0.2, 0) is 11.2 Å². The molecule has 0 aliphatic rings. The number of anilines is 1. The number of carbonyl (C=O) groups is 2. The SMILES string of the molecule is CCc1ccc(-n2c(Br)nnc2SCC(=O)Nc2ccc(C(=O)O)cc2Cl)c2ccccc12. The van der Waals surface area contributed by atoms with Gasteiger partial charge >= 0.3 is 5.97 Å². The van der Waals surface area contributed by atoms with E-state index in [-0.39, 0.29) is 22.2 Å². The average Bonchev–Trinajstić information content (AvgIpc) is 3.18. The third-order valence-electron chi connectivity index (χ3n) is 5.03. The van der Waals surface area contributed by atoms with Gasteiger partial charge in [-0.15, -0.1) is 10.2 Å².